The maximum absolute atomic E-state index is 10.7. The fourth-order valence-corrected chi connectivity index (χ4v) is 1.25. The van der Waals surface area contributed by atoms with E-state index in [1.54, 1.807) is 0 Å². The molecule has 2 nitrogen and oxygen atoms in total. The van der Waals surface area contributed by atoms with Gasteiger partial charge in [-0.3, -0.25) is 4.79 Å². The molecule has 0 aliphatic carbocycles. The highest BCUT2D eigenvalue weighted by molar-refractivity contribution is 5.66. The van der Waals surface area contributed by atoms with Crippen molar-refractivity contribution in [1.29, 1.82) is 0 Å². The van der Waals surface area contributed by atoms with Gasteiger partial charge in [0, 0.05) is 6.92 Å². The molecule has 0 bridgehead atoms. The van der Waals surface area contributed by atoms with Crippen LogP contribution in [-0.2, 0) is 9.53 Å². The van der Waals surface area contributed by atoms with Crippen molar-refractivity contribution in [3.05, 3.63) is 11.6 Å². The van der Waals surface area contributed by atoms with Crippen molar-refractivity contribution in [2.45, 2.75) is 53.6 Å². The van der Waals surface area contributed by atoms with Crippen molar-refractivity contribution in [2.75, 3.05) is 0 Å². The predicted molar refractivity (Wildman–Crippen MR) is 59.1 cm³/mol. The van der Waals surface area contributed by atoms with E-state index in [1.165, 1.54) is 12.5 Å². The minimum absolute atomic E-state index is 0.0260. The smallest absolute Gasteiger partial charge is 0.302 e. The van der Waals surface area contributed by atoms with Gasteiger partial charge in [-0.1, -0.05) is 18.6 Å². The predicted octanol–water partition coefficient (Wildman–Crippen LogP) is 3.32. The van der Waals surface area contributed by atoms with Gasteiger partial charge in [0.25, 0.3) is 0 Å². The second-order valence-electron chi connectivity index (χ2n) is 4.15. The van der Waals surface area contributed by atoms with E-state index in [9.17, 15) is 4.79 Å². The molecule has 0 aliphatic rings. The highest BCUT2D eigenvalue weighted by Gasteiger charge is 2.13. The van der Waals surface area contributed by atoms with Gasteiger partial charge in [-0.15, -0.1) is 0 Å². The molecule has 0 heterocycles. The molecular weight excluding hydrogens is 176 g/mol. The summed E-state index contributed by atoms with van der Waals surface area (Å²) >= 11 is 0. The van der Waals surface area contributed by atoms with Crippen LogP contribution >= 0.6 is 0 Å². The molecule has 14 heavy (non-hydrogen) atoms. The molecule has 0 aromatic heterocycles. The maximum atomic E-state index is 10.7. The normalized spacial score (nSPS) is 14.4. The third-order valence-corrected chi connectivity index (χ3v) is 2.33. The third-order valence-electron chi connectivity index (χ3n) is 2.33. The van der Waals surface area contributed by atoms with E-state index in [1.807, 2.05) is 6.92 Å². The molecule has 0 aliphatic heterocycles. The summed E-state index contributed by atoms with van der Waals surface area (Å²) < 4.78 is 5.11. The van der Waals surface area contributed by atoms with Crippen LogP contribution in [0.5, 0.6) is 0 Å². The molecule has 0 aromatic carbocycles. The van der Waals surface area contributed by atoms with Crippen molar-refractivity contribution < 1.29 is 9.53 Å². The van der Waals surface area contributed by atoms with Crippen LogP contribution in [0.15, 0.2) is 11.6 Å². The standard InChI is InChI=1S/C12H22O2/c1-9(2)7-6-8-10(3)11(4)14-12(5)13/h7,10-11H,6,8H2,1-5H3/t10-,11?/m0/s1. The van der Waals surface area contributed by atoms with Crippen LogP contribution in [0.1, 0.15) is 47.5 Å². The van der Waals surface area contributed by atoms with E-state index < -0.39 is 0 Å². The summed E-state index contributed by atoms with van der Waals surface area (Å²) in [5, 5.41) is 0. The number of hydrogen-bond donors (Lipinski definition) is 0. The third kappa shape index (κ3) is 6.70. The molecule has 0 radical (unpaired) electrons. The molecule has 0 fully saturated rings. The largest absolute Gasteiger partial charge is 0.463 e. The van der Waals surface area contributed by atoms with Gasteiger partial charge < -0.3 is 4.74 Å². The Kier molecular flexibility index (Phi) is 6.26. The molecule has 82 valence electrons. The lowest BCUT2D eigenvalue weighted by atomic mass is 9.99. The molecule has 0 amide bonds. The lowest BCUT2D eigenvalue weighted by Crippen LogP contribution is -2.20. The first-order valence-electron chi connectivity index (χ1n) is 5.24. The summed E-state index contributed by atoms with van der Waals surface area (Å²) in [5.41, 5.74) is 1.34. The monoisotopic (exact) mass is 198 g/mol. The number of allylic oxidation sites excluding steroid dienone is 2. The lowest BCUT2D eigenvalue weighted by molar-refractivity contribution is -0.147. The van der Waals surface area contributed by atoms with E-state index in [-0.39, 0.29) is 12.1 Å². The van der Waals surface area contributed by atoms with Crippen molar-refractivity contribution in [2.24, 2.45) is 5.92 Å². The zero-order valence-electron chi connectivity index (χ0n) is 9.96. The number of carbonyl (C=O) groups is 1. The van der Waals surface area contributed by atoms with E-state index in [0.29, 0.717) is 5.92 Å². The molecule has 0 saturated heterocycles. The van der Waals surface area contributed by atoms with Gasteiger partial charge in [0.05, 0.1) is 0 Å². The van der Waals surface area contributed by atoms with Crippen LogP contribution in [0.3, 0.4) is 0 Å². The topological polar surface area (TPSA) is 26.3 Å². The zero-order chi connectivity index (χ0) is 11.1. The number of hydrogen-bond acceptors (Lipinski definition) is 2. The van der Waals surface area contributed by atoms with Crippen LogP contribution in [0.2, 0.25) is 0 Å². The molecule has 0 aromatic rings. The van der Waals surface area contributed by atoms with Crippen molar-refractivity contribution >= 4 is 5.97 Å². The summed E-state index contributed by atoms with van der Waals surface area (Å²) in [4.78, 5) is 10.7. The first-order chi connectivity index (χ1) is 6.43. The van der Waals surface area contributed by atoms with Crippen molar-refractivity contribution in [1.82, 2.24) is 0 Å². The second kappa shape index (κ2) is 6.63. The Morgan fingerprint density at radius 2 is 1.86 bits per heavy atom. The Morgan fingerprint density at radius 1 is 1.29 bits per heavy atom. The van der Waals surface area contributed by atoms with Gasteiger partial charge in [-0.05, 0) is 39.5 Å². The van der Waals surface area contributed by atoms with Gasteiger partial charge in [-0.2, -0.15) is 0 Å². The molecule has 0 saturated carbocycles. The van der Waals surface area contributed by atoms with Gasteiger partial charge in [0.15, 0.2) is 0 Å². The quantitative estimate of drug-likeness (QED) is 0.500. The second-order valence-corrected chi connectivity index (χ2v) is 4.15. The van der Waals surface area contributed by atoms with Crippen LogP contribution < -0.4 is 0 Å². The Hall–Kier alpha value is -0.790. The molecule has 0 N–H and O–H groups in total. The number of rotatable bonds is 5. The fraction of sp³-hybridized carbons (Fsp3) is 0.750. The summed E-state index contributed by atoms with van der Waals surface area (Å²) in [5.74, 6) is 0.237. The van der Waals surface area contributed by atoms with Gasteiger partial charge in [-0.25, -0.2) is 0 Å². The summed E-state index contributed by atoms with van der Waals surface area (Å²) in [7, 11) is 0. The van der Waals surface area contributed by atoms with Gasteiger partial charge in [0.2, 0.25) is 0 Å². The SMILES string of the molecule is CC(=O)OC(C)[C@@H](C)CCC=C(C)C. The Morgan fingerprint density at radius 3 is 2.29 bits per heavy atom. The van der Waals surface area contributed by atoms with E-state index in [2.05, 4.69) is 26.8 Å². The summed E-state index contributed by atoms with van der Waals surface area (Å²) in [6.07, 6.45) is 4.38. The molecule has 2 atom stereocenters. The molecule has 2 heteroatoms. The van der Waals surface area contributed by atoms with Crippen molar-refractivity contribution in [3.63, 3.8) is 0 Å². The van der Waals surface area contributed by atoms with Crippen LogP contribution in [0, 0.1) is 5.92 Å². The van der Waals surface area contributed by atoms with E-state index >= 15 is 0 Å². The van der Waals surface area contributed by atoms with Crippen molar-refractivity contribution in [3.8, 4) is 0 Å². The fourth-order valence-electron chi connectivity index (χ4n) is 1.25. The van der Waals surface area contributed by atoms with Gasteiger partial charge >= 0.3 is 5.97 Å². The molecule has 0 spiro atoms. The van der Waals surface area contributed by atoms with Gasteiger partial charge in [0.1, 0.15) is 6.10 Å². The Labute approximate surface area is 87.3 Å². The minimum Gasteiger partial charge on any atom is -0.463 e. The van der Waals surface area contributed by atoms with Crippen LogP contribution in [0.25, 0.3) is 0 Å². The number of ether oxygens (including phenoxy) is 1. The average Bonchev–Trinajstić information content (AvgIpc) is 2.01. The number of esters is 1. The molecule has 1 unspecified atom stereocenters. The maximum Gasteiger partial charge on any atom is 0.302 e. The van der Waals surface area contributed by atoms with Crippen LogP contribution in [-0.4, -0.2) is 12.1 Å². The first kappa shape index (κ1) is 13.2. The first-order valence-corrected chi connectivity index (χ1v) is 5.24. The lowest BCUT2D eigenvalue weighted by Gasteiger charge is -2.18. The highest BCUT2D eigenvalue weighted by atomic mass is 16.5. The molecular formula is C12H22O2. The van der Waals surface area contributed by atoms with E-state index in [0.717, 1.165) is 12.8 Å². The Bertz CT molecular complexity index is 202. The highest BCUT2D eigenvalue weighted by Crippen LogP contribution is 2.14. The summed E-state index contributed by atoms with van der Waals surface area (Å²) in [6.45, 7) is 9.72. The van der Waals surface area contributed by atoms with Crippen LogP contribution in [0.4, 0.5) is 0 Å². The van der Waals surface area contributed by atoms with E-state index in [4.69, 9.17) is 4.74 Å². The number of carbonyl (C=O) groups excluding carboxylic acids is 1. The minimum atomic E-state index is -0.188. The average molecular weight is 198 g/mol. The molecule has 0 rings (SSSR count). The zero-order valence-corrected chi connectivity index (χ0v) is 9.96. The summed E-state index contributed by atoms with van der Waals surface area (Å²) in [6, 6.07) is 0. The Balaban J connectivity index is 3.78.